The van der Waals surface area contributed by atoms with Gasteiger partial charge in [-0.1, -0.05) is 20.8 Å². The van der Waals surface area contributed by atoms with E-state index in [4.69, 9.17) is 20.9 Å². The first-order valence-electron chi connectivity index (χ1n) is 4.81. The van der Waals surface area contributed by atoms with Gasteiger partial charge in [0.15, 0.2) is 0 Å². The second-order valence-electron chi connectivity index (χ2n) is 3.56. The zero-order valence-corrected chi connectivity index (χ0v) is 9.28. The van der Waals surface area contributed by atoms with E-state index in [1.54, 1.807) is 13.8 Å². The van der Waals surface area contributed by atoms with Gasteiger partial charge in [0.2, 0.25) is 0 Å². The summed E-state index contributed by atoms with van der Waals surface area (Å²) in [5, 5.41) is 0. The van der Waals surface area contributed by atoms with E-state index < -0.39 is 18.0 Å². The first kappa shape index (κ1) is 13.5. The lowest BCUT2D eigenvalue weighted by Gasteiger charge is -2.34. The van der Waals surface area contributed by atoms with Gasteiger partial charge in [0.1, 0.15) is 0 Å². The van der Waals surface area contributed by atoms with Crippen LogP contribution in [0.3, 0.4) is 0 Å². The molecule has 6 heteroatoms. The van der Waals surface area contributed by atoms with Crippen molar-refractivity contribution >= 4 is 12.2 Å². The van der Waals surface area contributed by atoms with Crippen LogP contribution < -0.4 is 11.5 Å². The normalized spacial score (nSPS) is 11.2. The predicted octanol–water partition coefficient (Wildman–Crippen LogP) is 1.33. The van der Waals surface area contributed by atoms with E-state index in [0.29, 0.717) is 12.8 Å². The van der Waals surface area contributed by atoms with Crippen molar-refractivity contribution in [1.82, 2.24) is 0 Å². The summed E-state index contributed by atoms with van der Waals surface area (Å²) < 4.78 is 9.73. The topological polar surface area (TPSA) is 105 Å². The number of nitrogens with two attached hydrogens (primary N) is 2. The summed E-state index contributed by atoms with van der Waals surface area (Å²) in [6.45, 7) is 5.37. The van der Waals surface area contributed by atoms with Crippen molar-refractivity contribution < 1.29 is 19.1 Å². The number of hydrogen-bond donors (Lipinski definition) is 2. The van der Waals surface area contributed by atoms with Gasteiger partial charge in [0.25, 0.3) is 5.79 Å². The third-order valence-corrected chi connectivity index (χ3v) is 2.02. The zero-order chi connectivity index (χ0) is 12.1. The van der Waals surface area contributed by atoms with Crippen LogP contribution in [-0.2, 0) is 9.47 Å². The highest BCUT2D eigenvalue weighted by Crippen LogP contribution is 2.29. The first-order chi connectivity index (χ1) is 6.84. The monoisotopic (exact) mass is 218 g/mol. The Morgan fingerprint density at radius 2 is 1.60 bits per heavy atom. The molecule has 0 saturated heterocycles. The first-order valence-corrected chi connectivity index (χ1v) is 4.81. The largest absolute Gasteiger partial charge is 0.407 e. The molecule has 4 N–H and O–H groups in total. The Hall–Kier alpha value is -1.46. The van der Waals surface area contributed by atoms with Crippen molar-refractivity contribution in [3.63, 3.8) is 0 Å². The summed E-state index contributed by atoms with van der Waals surface area (Å²) in [6.07, 6.45) is -0.952. The molecule has 0 fully saturated rings. The number of amides is 2. The Morgan fingerprint density at radius 3 is 1.80 bits per heavy atom. The van der Waals surface area contributed by atoms with Crippen molar-refractivity contribution in [2.24, 2.45) is 17.4 Å². The van der Waals surface area contributed by atoms with Gasteiger partial charge in [-0.05, 0) is 6.42 Å². The second-order valence-corrected chi connectivity index (χ2v) is 3.56. The average molecular weight is 218 g/mol. The van der Waals surface area contributed by atoms with Crippen LogP contribution in [0, 0.1) is 5.92 Å². The maximum absolute atomic E-state index is 10.7. The van der Waals surface area contributed by atoms with Crippen LogP contribution >= 0.6 is 0 Å². The quantitative estimate of drug-likeness (QED) is 0.679. The zero-order valence-electron chi connectivity index (χ0n) is 9.28. The van der Waals surface area contributed by atoms with Crippen molar-refractivity contribution in [2.45, 2.75) is 39.4 Å². The van der Waals surface area contributed by atoms with Crippen LogP contribution in [0.25, 0.3) is 0 Å². The molecular formula is C9H18N2O4. The van der Waals surface area contributed by atoms with Crippen LogP contribution in [0.2, 0.25) is 0 Å². The molecular weight excluding hydrogens is 200 g/mol. The predicted molar refractivity (Wildman–Crippen MR) is 53.8 cm³/mol. The molecule has 2 amide bonds. The highest BCUT2D eigenvalue weighted by Gasteiger charge is 2.40. The minimum Gasteiger partial charge on any atom is -0.406 e. The fraction of sp³-hybridized carbons (Fsp3) is 0.778. The molecule has 0 aromatic carbocycles. The molecule has 0 heterocycles. The van der Waals surface area contributed by atoms with Crippen molar-refractivity contribution in [2.75, 3.05) is 0 Å². The Labute approximate surface area is 88.9 Å². The van der Waals surface area contributed by atoms with Crippen LogP contribution in [0.1, 0.15) is 33.6 Å². The summed E-state index contributed by atoms with van der Waals surface area (Å²) in [5.74, 6) is -1.58. The molecule has 0 aliphatic carbocycles. The summed E-state index contributed by atoms with van der Waals surface area (Å²) in [5.41, 5.74) is 9.86. The minimum absolute atomic E-state index is 0.225. The molecule has 88 valence electrons. The van der Waals surface area contributed by atoms with Gasteiger partial charge in [-0.3, -0.25) is 0 Å². The molecule has 0 rings (SSSR count). The average Bonchev–Trinajstić information content (AvgIpc) is 2.01. The maximum Gasteiger partial charge on any atom is 0.407 e. The maximum atomic E-state index is 10.7. The Balaban J connectivity index is 4.87. The molecule has 0 spiro atoms. The standard InChI is InChI=1S/C9H18N2O4/c1-4-5-9(6(2)3,14-7(10)12)15-8(11)13/h6H,4-5H2,1-3H3,(H2,10,12)(H2,11,13). The lowest BCUT2D eigenvalue weighted by Crippen LogP contribution is -2.47. The molecule has 0 unspecified atom stereocenters. The summed E-state index contributed by atoms with van der Waals surface area (Å²) >= 11 is 0. The molecule has 0 aliphatic heterocycles. The fourth-order valence-corrected chi connectivity index (χ4v) is 1.34. The fourth-order valence-electron chi connectivity index (χ4n) is 1.34. The summed E-state index contributed by atoms with van der Waals surface area (Å²) in [6, 6.07) is 0. The SMILES string of the molecule is CCCC(OC(N)=O)(OC(N)=O)C(C)C. The van der Waals surface area contributed by atoms with E-state index in [2.05, 4.69) is 0 Å². The Bertz CT molecular complexity index is 224. The molecule has 0 atom stereocenters. The summed E-state index contributed by atoms with van der Waals surface area (Å²) in [7, 11) is 0. The second kappa shape index (κ2) is 5.43. The third kappa shape index (κ3) is 4.05. The van der Waals surface area contributed by atoms with E-state index in [9.17, 15) is 9.59 Å². The number of hydrogen-bond acceptors (Lipinski definition) is 4. The van der Waals surface area contributed by atoms with E-state index in [0.717, 1.165) is 0 Å². The molecule has 0 saturated carbocycles. The van der Waals surface area contributed by atoms with Gasteiger partial charge < -0.3 is 20.9 Å². The Morgan fingerprint density at radius 1 is 1.20 bits per heavy atom. The third-order valence-electron chi connectivity index (χ3n) is 2.02. The van der Waals surface area contributed by atoms with Crippen LogP contribution in [0.15, 0.2) is 0 Å². The van der Waals surface area contributed by atoms with E-state index in [1.165, 1.54) is 0 Å². The van der Waals surface area contributed by atoms with E-state index >= 15 is 0 Å². The van der Waals surface area contributed by atoms with Gasteiger partial charge in [0.05, 0.1) is 0 Å². The van der Waals surface area contributed by atoms with Crippen molar-refractivity contribution in [3.8, 4) is 0 Å². The van der Waals surface area contributed by atoms with E-state index in [1.807, 2.05) is 6.92 Å². The van der Waals surface area contributed by atoms with Crippen molar-refractivity contribution in [1.29, 1.82) is 0 Å². The van der Waals surface area contributed by atoms with Crippen LogP contribution in [-0.4, -0.2) is 18.0 Å². The summed E-state index contributed by atoms with van der Waals surface area (Å²) in [4.78, 5) is 21.5. The highest BCUT2D eigenvalue weighted by molar-refractivity contribution is 5.67. The molecule has 0 radical (unpaired) electrons. The number of ether oxygens (including phenoxy) is 2. The number of primary amides is 2. The number of rotatable bonds is 5. The van der Waals surface area contributed by atoms with Gasteiger partial charge in [0, 0.05) is 12.3 Å². The number of carbonyl (C=O) groups is 2. The number of carbonyl (C=O) groups excluding carboxylic acids is 2. The lowest BCUT2D eigenvalue weighted by atomic mass is 9.98. The lowest BCUT2D eigenvalue weighted by molar-refractivity contribution is -0.192. The van der Waals surface area contributed by atoms with Gasteiger partial charge in [-0.15, -0.1) is 0 Å². The van der Waals surface area contributed by atoms with Crippen LogP contribution in [0.5, 0.6) is 0 Å². The Kier molecular flexibility index (Phi) is 4.90. The molecule has 0 aliphatic rings. The molecule has 0 aromatic rings. The van der Waals surface area contributed by atoms with Crippen LogP contribution in [0.4, 0.5) is 9.59 Å². The minimum atomic E-state index is -1.35. The van der Waals surface area contributed by atoms with Gasteiger partial charge in [-0.25, -0.2) is 9.59 Å². The van der Waals surface area contributed by atoms with Gasteiger partial charge in [-0.2, -0.15) is 0 Å². The van der Waals surface area contributed by atoms with Crippen molar-refractivity contribution in [3.05, 3.63) is 0 Å². The molecule has 0 aromatic heterocycles. The van der Waals surface area contributed by atoms with Gasteiger partial charge >= 0.3 is 12.2 Å². The van der Waals surface area contributed by atoms with E-state index in [-0.39, 0.29) is 5.92 Å². The molecule has 15 heavy (non-hydrogen) atoms. The smallest absolute Gasteiger partial charge is 0.406 e. The molecule has 0 bridgehead atoms. The molecule has 6 nitrogen and oxygen atoms in total. The highest BCUT2D eigenvalue weighted by atomic mass is 16.7.